The number of hydrogen-bond acceptors (Lipinski definition) is 4. The summed E-state index contributed by atoms with van der Waals surface area (Å²) in [5.74, 6) is 0. The molecule has 1 aliphatic heterocycles. The second-order valence-corrected chi connectivity index (χ2v) is 4.61. The van der Waals surface area contributed by atoms with Gasteiger partial charge in [-0.05, 0) is 28.8 Å². The molecule has 0 amide bonds. The lowest BCUT2D eigenvalue weighted by Crippen LogP contribution is -2.37. The summed E-state index contributed by atoms with van der Waals surface area (Å²) in [6.45, 7) is 1.75. The van der Waals surface area contributed by atoms with Gasteiger partial charge in [0.25, 0.3) is 0 Å². The molecule has 14 heavy (non-hydrogen) atoms. The lowest BCUT2D eigenvalue weighted by Gasteiger charge is -2.30. The molecule has 3 N–H and O–H groups in total. The van der Waals surface area contributed by atoms with E-state index in [0.29, 0.717) is 19.8 Å². The van der Waals surface area contributed by atoms with Gasteiger partial charge in [0.05, 0.1) is 12.7 Å². The van der Waals surface area contributed by atoms with Gasteiger partial charge < -0.3 is 15.6 Å². The third-order valence-corrected chi connectivity index (χ3v) is 3.68. The molecule has 1 saturated heterocycles. The summed E-state index contributed by atoms with van der Waals surface area (Å²) in [6, 6.07) is 1.95. The Morgan fingerprint density at radius 3 is 3.07 bits per heavy atom. The van der Waals surface area contributed by atoms with Gasteiger partial charge in [-0.2, -0.15) is 11.3 Å². The first-order valence-corrected chi connectivity index (χ1v) is 5.71. The van der Waals surface area contributed by atoms with E-state index in [-0.39, 0.29) is 5.41 Å². The maximum Gasteiger partial charge on any atom is 0.0889 e. The van der Waals surface area contributed by atoms with E-state index >= 15 is 0 Å². The van der Waals surface area contributed by atoms with Crippen LogP contribution in [0.4, 0.5) is 0 Å². The van der Waals surface area contributed by atoms with E-state index in [2.05, 4.69) is 0 Å². The molecule has 78 valence electrons. The Morgan fingerprint density at radius 1 is 1.71 bits per heavy atom. The highest BCUT2D eigenvalue weighted by atomic mass is 32.1. The average Bonchev–Trinajstić information content (AvgIpc) is 2.89. The molecule has 0 aliphatic carbocycles. The number of rotatable bonds is 3. The van der Waals surface area contributed by atoms with E-state index in [4.69, 9.17) is 10.5 Å². The Balaban J connectivity index is 2.19. The van der Waals surface area contributed by atoms with Crippen molar-refractivity contribution < 1.29 is 9.84 Å². The Bertz CT molecular complexity index is 280. The lowest BCUT2D eigenvalue weighted by atomic mass is 9.79. The highest BCUT2D eigenvalue weighted by molar-refractivity contribution is 7.07. The topological polar surface area (TPSA) is 55.5 Å². The summed E-state index contributed by atoms with van der Waals surface area (Å²) in [6.07, 6.45) is 0.363. The fourth-order valence-electron chi connectivity index (χ4n) is 1.90. The fourth-order valence-corrected chi connectivity index (χ4v) is 2.57. The van der Waals surface area contributed by atoms with Crippen molar-refractivity contribution in [2.45, 2.75) is 12.5 Å². The van der Waals surface area contributed by atoms with Gasteiger partial charge in [-0.3, -0.25) is 0 Å². The van der Waals surface area contributed by atoms with Gasteiger partial charge >= 0.3 is 0 Å². The predicted molar refractivity (Wildman–Crippen MR) is 56.2 cm³/mol. The summed E-state index contributed by atoms with van der Waals surface area (Å²) < 4.78 is 5.33. The molecule has 0 aromatic carbocycles. The van der Waals surface area contributed by atoms with Gasteiger partial charge in [0.15, 0.2) is 0 Å². The molecule has 1 aliphatic rings. The normalized spacial score (nSPS) is 29.3. The minimum atomic E-state index is -0.485. The van der Waals surface area contributed by atoms with Gasteiger partial charge in [-0.1, -0.05) is 0 Å². The van der Waals surface area contributed by atoms with Crippen LogP contribution in [0.5, 0.6) is 0 Å². The SMILES string of the molecule is NCC1(C(O)c2ccsc2)CCOC1. The first kappa shape index (κ1) is 10.1. The molecule has 1 aromatic rings. The molecule has 2 heterocycles. The molecule has 2 atom stereocenters. The molecule has 0 spiro atoms. The van der Waals surface area contributed by atoms with E-state index in [1.807, 2.05) is 16.8 Å². The Morgan fingerprint density at radius 2 is 2.57 bits per heavy atom. The van der Waals surface area contributed by atoms with E-state index in [0.717, 1.165) is 12.0 Å². The molecule has 3 nitrogen and oxygen atoms in total. The van der Waals surface area contributed by atoms with Crippen molar-refractivity contribution in [1.82, 2.24) is 0 Å². The van der Waals surface area contributed by atoms with Gasteiger partial charge in [-0.25, -0.2) is 0 Å². The van der Waals surface area contributed by atoms with E-state index in [1.165, 1.54) is 0 Å². The van der Waals surface area contributed by atoms with Crippen molar-refractivity contribution in [2.24, 2.45) is 11.1 Å². The first-order chi connectivity index (χ1) is 6.78. The highest BCUT2D eigenvalue weighted by Gasteiger charge is 2.41. The molecule has 0 radical (unpaired) electrons. The van der Waals surface area contributed by atoms with Gasteiger partial charge in [-0.15, -0.1) is 0 Å². The lowest BCUT2D eigenvalue weighted by molar-refractivity contribution is 0.0193. The molecule has 1 fully saturated rings. The molecule has 0 saturated carbocycles. The quantitative estimate of drug-likeness (QED) is 0.792. The fraction of sp³-hybridized carbons (Fsp3) is 0.600. The maximum atomic E-state index is 10.2. The van der Waals surface area contributed by atoms with Crippen LogP contribution in [0.25, 0.3) is 0 Å². The summed E-state index contributed by atoms with van der Waals surface area (Å²) in [5, 5.41) is 14.1. The number of ether oxygens (including phenoxy) is 1. The molecule has 1 aromatic heterocycles. The molecular weight excluding hydrogens is 198 g/mol. The second kappa shape index (κ2) is 3.98. The monoisotopic (exact) mass is 213 g/mol. The van der Waals surface area contributed by atoms with Crippen LogP contribution in [0.3, 0.4) is 0 Å². The first-order valence-electron chi connectivity index (χ1n) is 4.76. The molecule has 2 rings (SSSR count). The molecule has 0 bridgehead atoms. The molecule has 2 unspecified atom stereocenters. The Labute approximate surface area is 87.5 Å². The zero-order valence-corrected chi connectivity index (χ0v) is 8.80. The van der Waals surface area contributed by atoms with Gasteiger partial charge in [0.1, 0.15) is 0 Å². The smallest absolute Gasteiger partial charge is 0.0889 e. The van der Waals surface area contributed by atoms with Crippen molar-refractivity contribution in [3.63, 3.8) is 0 Å². The van der Waals surface area contributed by atoms with Crippen molar-refractivity contribution in [1.29, 1.82) is 0 Å². The number of nitrogens with two attached hydrogens (primary N) is 1. The van der Waals surface area contributed by atoms with E-state index in [1.54, 1.807) is 11.3 Å². The summed E-state index contributed by atoms with van der Waals surface area (Å²) in [4.78, 5) is 0. The van der Waals surface area contributed by atoms with Crippen LogP contribution < -0.4 is 5.73 Å². The van der Waals surface area contributed by atoms with Gasteiger partial charge in [0, 0.05) is 18.6 Å². The molecule has 4 heteroatoms. The minimum Gasteiger partial charge on any atom is -0.388 e. The van der Waals surface area contributed by atoms with Crippen LogP contribution in [0.1, 0.15) is 18.1 Å². The number of aliphatic hydroxyl groups is 1. The van der Waals surface area contributed by atoms with Crippen LogP contribution in [0, 0.1) is 5.41 Å². The third kappa shape index (κ3) is 1.59. The Kier molecular flexibility index (Phi) is 2.88. The zero-order valence-electron chi connectivity index (χ0n) is 7.98. The second-order valence-electron chi connectivity index (χ2n) is 3.83. The largest absolute Gasteiger partial charge is 0.388 e. The average molecular weight is 213 g/mol. The minimum absolute atomic E-state index is 0.263. The number of thiophene rings is 1. The van der Waals surface area contributed by atoms with Gasteiger partial charge in [0.2, 0.25) is 0 Å². The number of hydrogen-bond donors (Lipinski definition) is 2. The predicted octanol–water partition coefficient (Wildman–Crippen LogP) is 1.15. The highest BCUT2D eigenvalue weighted by Crippen LogP contribution is 2.40. The van der Waals surface area contributed by atoms with Crippen molar-refractivity contribution in [2.75, 3.05) is 19.8 Å². The van der Waals surface area contributed by atoms with Crippen LogP contribution in [0.15, 0.2) is 16.8 Å². The van der Waals surface area contributed by atoms with Crippen molar-refractivity contribution >= 4 is 11.3 Å². The van der Waals surface area contributed by atoms with E-state index < -0.39 is 6.10 Å². The van der Waals surface area contributed by atoms with E-state index in [9.17, 15) is 5.11 Å². The van der Waals surface area contributed by atoms with Crippen molar-refractivity contribution in [3.8, 4) is 0 Å². The summed E-state index contributed by atoms with van der Waals surface area (Å²) >= 11 is 1.59. The maximum absolute atomic E-state index is 10.2. The van der Waals surface area contributed by atoms with Crippen LogP contribution in [0.2, 0.25) is 0 Å². The third-order valence-electron chi connectivity index (χ3n) is 2.98. The summed E-state index contributed by atoms with van der Waals surface area (Å²) in [5.41, 5.74) is 6.44. The summed E-state index contributed by atoms with van der Waals surface area (Å²) in [7, 11) is 0. The zero-order chi connectivity index (χ0) is 10.0. The number of aliphatic hydroxyl groups excluding tert-OH is 1. The van der Waals surface area contributed by atoms with Crippen LogP contribution in [-0.2, 0) is 4.74 Å². The van der Waals surface area contributed by atoms with Crippen LogP contribution >= 0.6 is 11.3 Å². The molecular formula is C10H15NO2S. The van der Waals surface area contributed by atoms with Crippen molar-refractivity contribution in [3.05, 3.63) is 22.4 Å². The standard InChI is InChI=1S/C10H15NO2S/c11-6-10(2-3-13-7-10)9(12)8-1-4-14-5-8/h1,4-5,9,12H,2-3,6-7,11H2. The van der Waals surface area contributed by atoms with Crippen LogP contribution in [-0.4, -0.2) is 24.9 Å². The Hall–Kier alpha value is -0.420.